The number of nitrogens with two attached hydrogens (primary N) is 1. The number of nitrogens with one attached hydrogen (secondary N) is 1. The summed E-state index contributed by atoms with van der Waals surface area (Å²) in [4.78, 5) is 31.3. The fourth-order valence-electron chi connectivity index (χ4n) is 4.44. The molecule has 1 aliphatic carbocycles. The lowest BCUT2D eigenvalue weighted by Gasteiger charge is -2.38. The van der Waals surface area contributed by atoms with Crippen molar-refractivity contribution >= 4 is 29.4 Å². The topological polar surface area (TPSA) is 97.0 Å². The third kappa shape index (κ3) is 4.26. The SMILES string of the molecule is CC1(C)CC(=O)N(C[C@H]2CC2C(=O)N[C@H]2CC(C)(C)Oc3cc(Cl)ccc32)C(N)=N1. The minimum Gasteiger partial charge on any atom is -0.487 e. The van der Waals surface area contributed by atoms with E-state index in [1.807, 2.05) is 39.8 Å². The molecule has 1 unspecified atom stereocenters. The van der Waals surface area contributed by atoms with Gasteiger partial charge < -0.3 is 15.8 Å². The Labute approximate surface area is 182 Å². The van der Waals surface area contributed by atoms with Crippen LogP contribution in [0.2, 0.25) is 5.02 Å². The average Bonchev–Trinajstić information content (AvgIpc) is 3.35. The highest BCUT2D eigenvalue weighted by Gasteiger charge is 2.47. The van der Waals surface area contributed by atoms with Crippen LogP contribution in [0.1, 0.15) is 58.6 Å². The first kappa shape index (κ1) is 21.0. The van der Waals surface area contributed by atoms with E-state index in [1.54, 1.807) is 6.07 Å². The first-order valence-electron chi connectivity index (χ1n) is 10.4. The molecule has 2 heterocycles. The van der Waals surface area contributed by atoms with Gasteiger partial charge >= 0.3 is 0 Å². The molecule has 7 nitrogen and oxygen atoms in total. The van der Waals surface area contributed by atoms with Crippen LogP contribution >= 0.6 is 11.6 Å². The molecule has 3 aliphatic rings. The van der Waals surface area contributed by atoms with E-state index in [4.69, 9.17) is 22.1 Å². The molecular formula is C22H29ClN4O3. The van der Waals surface area contributed by atoms with Gasteiger partial charge in [0.25, 0.3) is 0 Å². The van der Waals surface area contributed by atoms with Crippen molar-refractivity contribution in [2.75, 3.05) is 6.54 Å². The van der Waals surface area contributed by atoms with Gasteiger partial charge in [0.2, 0.25) is 11.8 Å². The molecule has 3 N–H and O–H groups in total. The molecule has 1 fully saturated rings. The Morgan fingerprint density at radius 3 is 2.80 bits per heavy atom. The van der Waals surface area contributed by atoms with Crippen molar-refractivity contribution in [3.63, 3.8) is 0 Å². The number of aliphatic imine (C=N–C) groups is 1. The van der Waals surface area contributed by atoms with Crippen molar-refractivity contribution in [3.05, 3.63) is 28.8 Å². The molecule has 162 valence electrons. The predicted molar refractivity (Wildman–Crippen MR) is 115 cm³/mol. The number of hydrogen-bond donors (Lipinski definition) is 2. The van der Waals surface area contributed by atoms with E-state index in [2.05, 4.69) is 10.3 Å². The van der Waals surface area contributed by atoms with Crippen molar-refractivity contribution in [2.24, 2.45) is 22.6 Å². The molecule has 0 radical (unpaired) electrons. The van der Waals surface area contributed by atoms with Gasteiger partial charge in [0.15, 0.2) is 5.96 Å². The number of rotatable bonds is 4. The Morgan fingerprint density at radius 2 is 2.10 bits per heavy atom. The summed E-state index contributed by atoms with van der Waals surface area (Å²) in [6, 6.07) is 5.38. The van der Waals surface area contributed by atoms with Crippen molar-refractivity contribution in [1.29, 1.82) is 0 Å². The third-order valence-electron chi connectivity index (χ3n) is 6.00. The summed E-state index contributed by atoms with van der Waals surface area (Å²) < 4.78 is 6.04. The van der Waals surface area contributed by atoms with Gasteiger partial charge in [0, 0.05) is 29.5 Å². The monoisotopic (exact) mass is 432 g/mol. The standard InChI is InChI=1S/C22H29ClN4O3/c1-21(2)10-18(28)27(20(24)26-21)11-12-7-15(12)19(29)25-16-9-22(3,4)30-17-8-13(23)5-6-14(16)17/h5-6,8,12,15-16H,7,9-11H2,1-4H3,(H2,24,26)(H,25,29)/t12-,15?,16+/m1/s1. The van der Waals surface area contributed by atoms with E-state index >= 15 is 0 Å². The average molecular weight is 433 g/mol. The zero-order chi connectivity index (χ0) is 21.8. The Kier molecular flexibility index (Phi) is 5.00. The maximum atomic E-state index is 12.9. The second kappa shape index (κ2) is 7.15. The number of benzene rings is 1. The number of carbonyl (C=O) groups is 2. The Hall–Kier alpha value is -2.28. The summed E-state index contributed by atoms with van der Waals surface area (Å²) in [5, 5.41) is 3.79. The van der Waals surface area contributed by atoms with Crippen LogP contribution in [0.5, 0.6) is 5.75 Å². The predicted octanol–water partition coefficient (Wildman–Crippen LogP) is 3.02. The van der Waals surface area contributed by atoms with Crippen LogP contribution in [0.3, 0.4) is 0 Å². The molecule has 0 aromatic heterocycles. The normalized spacial score (nSPS) is 28.8. The maximum absolute atomic E-state index is 12.9. The van der Waals surface area contributed by atoms with Gasteiger partial charge in [-0.05, 0) is 52.2 Å². The number of halogens is 1. The highest BCUT2D eigenvalue weighted by Crippen LogP contribution is 2.43. The number of amides is 2. The molecule has 3 atom stereocenters. The zero-order valence-corrected chi connectivity index (χ0v) is 18.6. The van der Waals surface area contributed by atoms with E-state index in [1.165, 1.54) is 4.90 Å². The van der Waals surface area contributed by atoms with Gasteiger partial charge in [-0.3, -0.25) is 14.5 Å². The summed E-state index contributed by atoms with van der Waals surface area (Å²) in [6.45, 7) is 8.22. The number of carbonyl (C=O) groups excluding carboxylic acids is 2. The zero-order valence-electron chi connectivity index (χ0n) is 17.9. The molecule has 0 spiro atoms. The number of hydrogen-bond acceptors (Lipinski definition) is 5. The van der Waals surface area contributed by atoms with Crippen LogP contribution in [0.4, 0.5) is 0 Å². The van der Waals surface area contributed by atoms with Crippen LogP contribution in [-0.4, -0.2) is 40.4 Å². The van der Waals surface area contributed by atoms with Crippen molar-refractivity contribution < 1.29 is 14.3 Å². The van der Waals surface area contributed by atoms with Crippen LogP contribution in [-0.2, 0) is 9.59 Å². The molecule has 4 rings (SSSR count). The second-order valence-corrected chi connectivity index (χ2v) is 10.3. The quantitative estimate of drug-likeness (QED) is 0.764. The van der Waals surface area contributed by atoms with E-state index in [-0.39, 0.29) is 35.7 Å². The molecule has 8 heteroatoms. The molecule has 0 saturated heterocycles. The van der Waals surface area contributed by atoms with E-state index in [0.717, 1.165) is 12.0 Å². The van der Waals surface area contributed by atoms with Crippen molar-refractivity contribution in [1.82, 2.24) is 10.2 Å². The first-order valence-corrected chi connectivity index (χ1v) is 10.8. The van der Waals surface area contributed by atoms with Gasteiger partial charge in [0.1, 0.15) is 11.4 Å². The fraction of sp³-hybridized carbons (Fsp3) is 0.591. The summed E-state index contributed by atoms with van der Waals surface area (Å²) in [5.74, 6) is 0.907. The minimum absolute atomic E-state index is 0.00361. The van der Waals surface area contributed by atoms with Crippen LogP contribution in [0.15, 0.2) is 23.2 Å². The van der Waals surface area contributed by atoms with Crippen molar-refractivity contribution in [2.45, 2.75) is 64.1 Å². The lowest BCUT2D eigenvalue weighted by Crippen LogP contribution is -2.50. The summed E-state index contributed by atoms with van der Waals surface area (Å²) >= 11 is 6.12. The van der Waals surface area contributed by atoms with Crippen LogP contribution < -0.4 is 15.8 Å². The molecule has 2 aliphatic heterocycles. The van der Waals surface area contributed by atoms with Gasteiger partial charge in [-0.15, -0.1) is 0 Å². The lowest BCUT2D eigenvalue weighted by atomic mass is 9.89. The number of nitrogens with zero attached hydrogens (tertiary/aromatic N) is 2. The summed E-state index contributed by atoms with van der Waals surface area (Å²) in [6.07, 6.45) is 1.74. The number of fused-ring (bicyclic) bond motifs is 1. The molecule has 1 aromatic carbocycles. The Morgan fingerprint density at radius 1 is 1.37 bits per heavy atom. The lowest BCUT2D eigenvalue weighted by molar-refractivity contribution is -0.130. The van der Waals surface area contributed by atoms with Gasteiger partial charge in [0.05, 0.1) is 18.0 Å². The highest BCUT2D eigenvalue weighted by molar-refractivity contribution is 6.30. The third-order valence-corrected chi connectivity index (χ3v) is 6.24. The van der Waals surface area contributed by atoms with Gasteiger partial charge in [-0.2, -0.15) is 0 Å². The number of ether oxygens (including phenoxy) is 1. The molecule has 2 amide bonds. The van der Waals surface area contributed by atoms with Crippen LogP contribution in [0, 0.1) is 11.8 Å². The Bertz CT molecular complexity index is 927. The minimum atomic E-state index is -0.468. The molecule has 1 aromatic rings. The van der Waals surface area contributed by atoms with Crippen LogP contribution in [0.25, 0.3) is 0 Å². The summed E-state index contributed by atoms with van der Waals surface area (Å²) in [7, 11) is 0. The van der Waals surface area contributed by atoms with E-state index in [0.29, 0.717) is 30.2 Å². The fourth-order valence-corrected chi connectivity index (χ4v) is 4.60. The van der Waals surface area contributed by atoms with E-state index in [9.17, 15) is 9.59 Å². The molecular weight excluding hydrogens is 404 g/mol. The Balaban J connectivity index is 1.41. The first-order chi connectivity index (χ1) is 13.9. The van der Waals surface area contributed by atoms with Gasteiger partial charge in [-0.25, -0.2) is 4.99 Å². The summed E-state index contributed by atoms with van der Waals surface area (Å²) in [5.41, 5.74) is 6.08. The van der Waals surface area contributed by atoms with Crippen molar-refractivity contribution in [3.8, 4) is 5.75 Å². The highest BCUT2D eigenvalue weighted by atomic mass is 35.5. The largest absolute Gasteiger partial charge is 0.487 e. The number of guanidine groups is 1. The molecule has 1 saturated carbocycles. The smallest absolute Gasteiger partial charge is 0.231 e. The molecule has 0 bridgehead atoms. The van der Waals surface area contributed by atoms with E-state index < -0.39 is 11.1 Å². The van der Waals surface area contributed by atoms with Gasteiger partial charge in [-0.1, -0.05) is 17.7 Å². The molecule has 30 heavy (non-hydrogen) atoms. The maximum Gasteiger partial charge on any atom is 0.231 e. The second-order valence-electron chi connectivity index (χ2n) is 9.88.